The molecule has 2 heteroatoms. The molecule has 0 amide bonds. The topological polar surface area (TPSA) is 36.7 Å². The van der Waals surface area contributed by atoms with Gasteiger partial charge in [-0.3, -0.25) is 4.98 Å². The average molecular weight is 146 g/mol. The highest BCUT2D eigenvalue weighted by atomic mass is 14.7. The van der Waals surface area contributed by atoms with Gasteiger partial charge in [0.25, 0.3) is 0 Å². The molecule has 0 saturated carbocycles. The SMILES string of the molecule is Cc1cnc(CC#N)c(C)c1. The maximum Gasteiger partial charge on any atom is 0.0777 e. The van der Waals surface area contributed by atoms with E-state index >= 15 is 0 Å². The number of aromatic nitrogens is 1. The first-order chi connectivity index (χ1) is 5.24. The van der Waals surface area contributed by atoms with Gasteiger partial charge in [-0.05, 0) is 25.0 Å². The molecule has 0 spiro atoms. The fourth-order valence-electron chi connectivity index (χ4n) is 1.00. The average Bonchev–Trinajstić information content (AvgIpc) is 1.95. The van der Waals surface area contributed by atoms with E-state index in [2.05, 4.69) is 11.1 Å². The van der Waals surface area contributed by atoms with E-state index in [-0.39, 0.29) is 0 Å². The van der Waals surface area contributed by atoms with Crippen molar-refractivity contribution in [2.75, 3.05) is 0 Å². The fraction of sp³-hybridized carbons (Fsp3) is 0.333. The molecule has 0 aromatic carbocycles. The van der Waals surface area contributed by atoms with Gasteiger partial charge in [-0.2, -0.15) is 5.26 Å². The molecule has 0 aliphatic heterocycles. The van der Waals surface area contributed by atoms with Gasteiger partial charge in [-0.15, -0.1) is 0 Å². The Bertz CT molecular complexity index is 297. The van der Waals surface area contributed by atoms with Crippen LogP contribution >= 0.6 is 0 Å². The highest BCUT2D eigenvalue weighted by Crippen LogP contribution is 2.06. The number of hydrogen-bond donors (Lipinski definition) is 0. The van der Waals surface area contributed by atoms with Gasteiger partial charge in [-0.1, -0.05) is 6.07 Å². The van der Waals surface area contributed by atoms with Crippen LogP contribution in [0.15, 0.2) is 12.3 Å². The van der Waals surface area contributed by atoms with Crippen molar-refractivity contribution < 1.29 is 0 Å². The summed E-state index contributed by atoms with van der Waals surface area (Å²) in [6.45, 7) is 3.98. The lowest BCUT2D eigenvalue weighted by Gasteiger charge is -1.99. The Hall–Kier alpha value is -1.36. The Labute approximate surface area is 66.5 Å². The summed E-state index contributed by atoms with van der Waals surface area (Å²) in [6.07, 6.45) is 2.20. The maximum atomic E-state index is 8.42. The lowest BCUT2D eigenvalue weighted by atomic mass is 10.1. The number of hydrogen-bond acceptors (Lipinski definition) is 2. The predicted octanol–water partition coefficient (Wildman–Crippen LogP) is 1.76. The van der Waals surface area contributed by atoms with Crippen molar-refractivity contribution in [3.05, 3.63) is 29.1 Å². The number of nitriles is 1. The molecular weight excluding hydrogens is 136 g/mol. The van der Waals surface area contributed by atoms with Crippen molar-refractivity contribution in [3.63, 3.8) is 0 Å². The van der Waals surface area contributed by atoms with Crippen LogP contribution in [0.1, 0.15) is 16.8 Å². The first-order valence-corrected chi connectivity index (χ1v) is 3.53. The predicted molar refractivity (Wildman–Crippen MR) is 43.0 cm³/mol. The van der Waals surface area contributed by atoms with Crippen LogP contribution in [0, 0.1) is 25.2 Å². The molecule has 1 aromatic heterocycles. The summed E-state index contributed by atoms with van der Waals surface area (Å²) in [4.78, 5) is 4.15. The Balaban J connectivity index is 3.01. The van der Waals surface area contributed by atoms with Crippen molar-refractivity contribution in [3.8, 4) is 6.07 Å². The minimum atomic E-state index is 0.409. The normalized spacial score (nSPS) is 9.18. The standard InChI is InChI=1S/C9H10N2/c1-7-5-8(2)9(3-4-10)11-6-7/h5-6H,3H2,1-2H3. The second-order valence-corrected chi connectivity index (χ2v) is 2.61. The Kier molecular flexibility index (Phi) is 2.22. The molecule has 56 valence electrons. The lowest BCUT2D eigenvalue weighted by Crippen LogP contribution is -1.92. The van der Waals surface area contributed by atoms with Crippen LogP contribution in [-0.2, 0) is 6.42 Å². The van der Waals surface area contributed by atoms with E-state index in [1.165, 1.54) is 0 Å². The van der Waals surface area contributed by atoms with Gasteiger partial charge in [0.1, 0.15) is 0 Å². The molecule has 0 radical (unpaired) electrons. The molecule has 0 saturated heterocycles. The van der Waals surface area contributed by atoms with E-state index in [9.17, 15) is 0 Å². The van der Waals surface area contributed by atoms with E-state index in [1.54, 1.807) is 6.20 Å². The molecule has 0 unspecified atom stereocenters. The van der Waals surface area contributed by atoms with Crippen LogP contribution in [0.5, 0.6) is 0 Å². The lowest BCUT2D eigenvalue weighted by molar-refractivity contribution is 1.06. The molecule has 1 rings (SSSR count). The Morgan fingerprint density at radius 1 is 1.55 bits per heavy atom. The minimum Gasteiger partial charge on any atom is -0.260 e. The molecule has 0 aliphatic rings. The number of aryl methyl sites for hydroxylation is 2. The van der Waals surface area contributed by atoms with Gasteiger partial charge in [-0.25, -0.2) is 0 Å². The second-order valence-electron chi connectivity index (χ2n) is 2.61. The number of pyridine rings is 1. The number of rotatable bonds is 1. The third kappa shape index (κ3) is 1.78. The van der Waals surface area contributed by atoms with E-state index < -0.39 is 0 Å². The van der Waals surface area contributed by atoms with Crippen molar-refractivity contribution >= 4 is 0 Å². The van der Waals surface area contributed by atoms with Crippen molar-refractivity contribution in [2.45, 2.75) is 20.3 Å². The summed E-state index contributed by atoms with van der Waals surface area (Å²) in [6, 6.07) is 4.12. The minimum absolute atomic E-state index is 0.409. The van der Waals surface area contributed by atoms with Gasteiger partial charge in [0, 0.05) is 6.20 Å². The Morgan fingerprint density at radius 2 is 2.27 bits per heavy atom. The molecule has 0 fully saturated rings. The highest BCUT2D eigenvalue weighted by molar-refractivity contribution is 5.24. The first kappa shape index (κ1) is 7.74. The van der Waals surface area contributed by atoms with Crippen LogP contribution in [0.3, 0.4) is 0 Å². The molecule has 1 aromatic rings. The van der Waals surface area contributed by atoms with Crippen LogP contribution < -0.4 is 0 Å². The van der Waals surface area contributed by atoms with Crippen LogP contribution in [0.25, 0.3) is 0 Å². The summed E-state index contributed by atoms with van der Waals surface area (Å²) < 4.78 is 0. The summed E-state index contributed by atoms with van der Waals surface area (Å²) in [5.41, 5.74) is 3.13. The van der Waals surface area contributed by atoms with Gasteiger partial charge in [0.05, 0.1) is 18.2 Å². The fourth-order valence-corrected chi connectivity index (χ4v) is 1.00. The molecule has 2 nitrogen and oxygen atoms in total. The summed E-state index contributed by atoms with van der Waals surface area (Å²) in [5.74, 6) is 0. The third-order valence-corrected chi connectivity index (χ3v) is 1.57. The summed E-state index contributed by atoms with van der Waals surface area (Å²) in [7, 11) is 0. The van der Waals surface area contributed by atoms with E-state index in [4.69, 9.17) is 5.26 Å². The summed E-state index contributed by atoms with van der Waals surface area (Å²) in [5, 5.41) is 8.42. The second kappa shape index (κ2) is 3.16. The third-order valence-electron chi connectivity index (χ3n) is 1.57. The zero-order chi connectivity index (χ0) is 8.27. The van der Waals surface area contributed by atoms with Crippen molar-refractivity contribution in [2.24, 2.45) is 0 Å². The van der Waals surface area contributed by atoms with Crippen molar-refractivity contribution in [1.29, 1.82) is 5.26 Å². The van der Waals surface area contributed by atoms with Gasteiger partial charge >= 0.3 is 0 Å². The highest BCUT2D eigenvalue weighted by Gasteiger charge is 1.97. The van der Waals surface area contributed by atoms with Crippen LogP contribution in [0.2, 0.25) is 0 Å². The van der Waals surface area contributed by atoms with Crippen LogP contribution in [-0.4, -0.2) is 4.98 Å². The van der Waals surface area contributed by atoms with Crippen molar-refractivity contribution in [1.82, 2.24) is 4.98 Å². The molecule has 1 heterocycles. The Morgan fingerprint density at radius 3 is 2.82 bits per heavy atom. The summed E-state index contributed by atoms with van der Waals surface area (Å²) >= 11 is 0. The van der Waals surface area contributed by atoms with E-state index in [0.29, 0.717) is 6.42 Å². The zero-order valence-electron chi connectivity index (χ0n) is 6.76. The first-order valence-electron chi connectivity index (χ1n) is 3.53. The smallest absolute Gasteiger partial charge is 0.0777 e. The molecule has 0 atom stereocenters. The van der Waals surface area contributed by atoms with E-state index in [1.807, 2.05) is 19.9 Å². The molecule has 0 N–H and O–H groups in total. The molecular formula is C9H10N2. The largest absolute Gasteiger partial charge is 0.260 e. The molecule has 0 aliphatic carbocycles. The van der Waals surface area contributed by atoms with Gasteiger partial charge in [0.15, 0.2) is 0 Å². The number of nitrogens with zero attached hydrogens (tertiary/aromatic N) is 2. The van der Waals surface area contributed by atoms with E-state index in [0.717, 1.165) is 16.8 Å². The maximum absolute atomic E-state index is 8.42. The molecule has 11 heavy (non-hydrogen) atoms. The quantitative estimate of drug-likeness (QED) is 0.605. The van der Waals surface area contributed by atoms with Gasteiger partial charge < -0.3 is 0 Å². The van der Waals surface area contributed by atoms with Crippen LogP contribution in [0.4, 0.5) is 0 Å². The zero-order valence-corrected chi connectivity index (χ0v) is 6.76. The van der Waals surface area contributed by atoms with Gasteiger partial charge in [0.2, 0.25) is 0 Å². The molecule has 0 bridgehead atoms. The monoisotopic (exact) mass is 146 g/mol.